The van der Waals surface area contributed by atoms with Crippen LogP contribution in [-0.4, -0.2) is 6.21 Å². The normalized spacial score (nSPS) is 10.8. The van der Waals surface area contributed by atoms with Crippen molar-refractivity contribution >= 4 is 32.9 Å². The highest BCUT2D eigenvalue weighted by atomic mass is 79.9. The smallest absolute Gasteiger partial charge is 0.143 e. The standard InChI is InChI=1S/C26H19BrN2O2/c27-25-14-19(16-29-31-18-22-8-2-1-7-21(22)15-28)12-13-26(25)30-17-23-10-5-9-20-6-3-4-11-24(20)23/h1-14,16H,17-18H2/b29-16-. The van der Waals surface area contributed by atoms with Gasteiger partial charge in [0.05, 0.1) is 22.3 Å². The van der Waals surface area contributed by atoms with E-state index < -0.39 is 0 Å². The number of ether oxygens (including phenoxy) is 1. The molecule has 0 heterocycles. The molecule has 0 aromatic heterocycles. The molecule has 4 rings (SSSR count). The maximum absolute atomic E-state index is 9.12. The van der Waals surface area contributed by atoms with E-state index in [0.29, 0.717) is 12.2 Å². The fraction of sp³-hybridized carbons (Fsp3) is 0.0769. The van der Waals surface area contributed by atoms with Crippen LogP contribution in [0.15, 0.2) is 94.6 Å². The molecule has 0 saturated heterocycles. The van der Waals surface area contributed by atoms with E-state index >= 15 is 0 Å². The van der Waals surface area contributed by atoms with E-state index in [9.17, 15) is 0 Å². The maximum Gasteiger partial charge on any atom is 0.143 e. The summed E-state index contributed by atoms with van der Waals surface area (Å²) in [4.78, 5) is 5.35. The molecule has 152 valence electrons. The molecule has 0 aliphatic heterocycles. The number of hydrogen-bond donors (Lipinski definition) is 0. The lowest BCUT2D eigenvalue weighted by molar-refractivity contribution is 0.132. The Morgan fingerprint density at radius 3 is 2.52 bits per heavy atom. The molecule has 0 radical (unpaired) electrons. The predicted molar refractivity (Wildman–Crippen MR) is 126 cm³/mol. The van der Waals surface area contributed by atoms with Gasteiger partial charge in [-0.15, -0.1) is 0 Å². The Balaban J connectivity index is 1.38. The van der Waals surface area contributed by atoms with Crippen molar-refractivity contribution < 1.29 is 9.57 Å². The number of hydrogen-bond acceptors (Lipinski definition) is 4. The van der Waals surface area contributed by atoms with Gasteiger partial charge in [-0.2, -0.15) is 5.26 Å². The average molecular weight is 471 g/mol. The quantitative estimate of drug-likeness (QED) is 0.225. The molecule has 0 amide bonds. The molecule has 0 saturated carbocycles. The molecule has 0 bridgehead atoms. The first-order chi connectivity index (χ1) is 15.2. The van der Waals surface area contributed by atoms with Gasteiger partial charge >= 0.3 is 0 Å². The Bertz CT molecular complexity index is 1270. The number of fused-ring (bicyclic) bond motifs is 1. The average Bonchev–Trinajstić information content (AvgIpc) is 2.81. The first kappa shape index (κ1) is 20.6. The lowest BCUT2D eigenvalue weighted by atomic mass is 10.1. The maximum atomic E-state index is 9.12. The fourth-order valence-electron chi connectivity index (χ4n) is 3.25. The summed E-state index contributed by atoms with van der Waals surface area (Å²) in [5.74, 6) is 0.758. The summed E-state index contributed by atoms with van der Waals surface area (Å²) in [6.45, 7) is 0.725. The second-order valence-electron chi connectivity index (χ2n) is 6.89. The Hall–Kier alpha value is -3.62. The molecule has 0 aliphatic rings. The fourth-order valence-corrected chi connectivity index (χ4v) is 3.76. The van der Waals surface area contributed by atoms with Crippen LogP contribution in [0.3, 0.4) is 0 Å². The van der Waals surface area contributed by atoms with Gasteiger partial charge in [0.15, 0.2) is 0 Å². The summed E-state index contributed by atoms with van der Waals surface area (Å²) in [7, 11) is 0. The molecule has 4 nitrogen and oxygen atoms in total. The zero-order chi connectivity index (χ0) is 21.5. The SMILES string of the molecule is N#Cc1ccccc1CO/N=C\c1ccc(OCc2cccc3ccccc23)c(Br)c1. The summed E-state index contributed by atoms with van der Waals surface area (Å²) in [5, 5.41) is 15.5. The minimum atomic E-state index is 0.244. The van der Waals surface area contributed by atoms with Crippen molar-refractivity contribution in [1.29, 1.82) is 5.26 Å². The summed E-state index contributed by atoms with van der Waals surface area (Å²) in [5.41, 5.74) is 3.41. The zero-order valence-corrected chi connectivity index (χ0v) is 18.2. The monoisotopic (exact) mass is 470 g/mol. The van der Waals surface area contributed by atoms with E-state index in [4.69, 9.17) is 14.8 Å². The molecule has 0 spiro atoms. The van der Waals surface area contributed by atoms with E-state index in [1.54, 1.807) is 12.3 Å². The Morgan fingerprint density at radius 1 is 0.871 bits per heavy atom. The Kier molecular flexibility index (Phi) is 6.61. The third-order valence-electron chi connectivity index (χ3n) is 4.85. The van der Waals surface area contributed by atoms with Crippen LogP contribution in [0.1, 0.15) is 22.3 Å². The van der Waals surface area contributed by atoms with Crippen LogP contribution < -0.4 is 4.74 Å². The lowest BCUT2D eigenvalue weighted by Gasteiger charge is -2.11. The summed E-state index contributed by atoms with van der Waals surface area (Å²) in [6.07, 6.45) is 1.63. The van der Waals surface area contributed by atoms with Gasteiger partial charge in [-0.3, -0.25) is 0 Å². The third-order valence-corrected chi connectivity index (χ3v) is 5.47. The van der Waals surface area contributed by atoms with E-state index in [0.717, 1.165) is 26.9 Å². The van der Waals surface area contributed by atoms with E-state index in [1.165, 1.54) is 10.8 Å². The van der Waals surface area contributed by atoms with Crippen LogP contribution in [0.5, 0.6) is 5.75 Å². The van der Waals surface area contributed by atoms with E-state index in [-0.39, 0.29) is 6.61 Å². The second-order valence-corrected chi connectivity index (χ2v) is 7.75. The van der Waals surface area contributed by atoms with E-state index in [2.05, 4.69) is 51.4 Å². The van der Waals surface area contributed by atoms with Crippen molar-refractivity contribution in [2.45, 2.75) is 13.2 Å². The Labute approximate surface area is 189 Å². The highest BCUT2D eigenvalue weighted by Gasteiger charge is 2.05. The molecule has 4 aromatic rings. The number of oxime groups is 1. The molecule has 0 fully saturated rings. The number of nitriles is 1. The number of nitrogens with zero attached hydrogens (tertiary/aromatic N) is 2. The van der Waals surface area contributed by atoms with Gasteiger partial charge in [-0.25, -0.2) is 0 Å². The molecule has 31 heavy (non-hydrogen) atoms. The molecule has 0 atom stereocenters. The molecule has 0 unspecified atom stereocenters. The van der Waals surface area contributed by atoms with Crippen LogP contribution in [0.2, 0.25) is 0 Å². The number of benzene rings is 4. The van der Waals surface area contributed by atoms with Gasteiger partial charge in [0.2, 0.25) is 0 Å². The molecule has 0 aliphatic carbocycles. The van der Waals surface area contributed by atoms with Crippen LogP contribution >= 0.6 is 15.9 Å². The molecule has 4 aromatic carbocycles. The highest BCUT2D eigenvalue weighted by molar-refractivity contribution is 9.10. The molecule has 5 heteroatoms. The topological polar surface area (TPSA) is 54.6 Å². The van der Waals surface area contributed by atoms with Gasteiger partial charge in [0.25, 0.3) is 0 Å². The van der Waals surface area contributed by atoms with Gasteiger partial charge in [-0.1, -0.05) is 65.8 Å². The largest absolute Gasteiger partial charge is 0.488 e. The Morgan fingerprint density at radius 2 is 1.65 bits per heavy atom. The van der Waals surface area contributed by atoms with Crippen LogP contribution in [-0.2, 0) is 18.1 Å². The molecular formula is C26H19BrN2O2. The second kappa shape index (κ2) is 9.92. The summed E-state index contributed by atoms with van der Waals surface area (Å²) < 4.78 is 6.88. The van der Waals surface area contributed by atoms with E-state index in [1.807, 2.05) is 54.6 Å². The van der Waals surface area contributed by atoms with Crippen LogP contribution in [0.4, 0.5) is 0 Å². The minimum absolute atomic E-state index is 0.244. The molecular weight excluding hydrogens is 452 g/mol. The predicted octanol–water partition coefficient (Wildman–Crippen LogP) is 6.60. The van der Waals surface area contributed by atoms with Crippen molar-refractivity contribution in [3.63, 3.8) is 0 Å². The number of rotatable bonds is 7. The first-order valence-corrected chi connectivity index (χ1v) is 10.6. The highest BCUT2D eigenvalue weighted by Crippen LogP contribution is 2.27. The van der Waals surface area contributed by atoms with Crippen LogP contribution in [0, 0.1) is 11.3 Å². The summed E-state index contributed by atoms with van der Waals surface area (Å²) >= 11 is 3.57. The van der Waals surface area contributed by atoms with Gasteiger partial charge in [0.1, 0.15) is 19.0 Å². The van der Waals surface area contributed by atoms with Crippen LogP contribution in [0.25, 0.3) is 10.8 Å². The zero-order valence-electron chi connectivity index (χ0n) is 16.7. The van der Waals surface area contributed by atoms with Crippen molar-refractivity contribution in [3.05, 3.63) is 112 Å². The summed E-state index contributed by atoms with van der Waals surface area (Å²) in [6, 6.07) is 29.7. The van der Waals surface area contributed by atoms with Gasteiger partial charge in [0, 0.05) is 5.56 Å². The third kappa shape index (κ3) is 5.11. The lowest BCUT2D eigenvalue weighted by Crippen LogP contribution is -1.97. The van der Waals surface area contributed by atoms with Crippen molar-refractivity contribution in [1.82, 2.24) is 0 Å². The van der Waals surface area contributed by atoms with Gasteiger partial charge in [-0.05, 0) is 62.1 Å². The number of halogens is 1. The first-order valence-electron chi connectivity index (χ1n) is 9.77. The minimum Gasteiger partial charge on any atom is -0.488 e. The van der Waals surface area contributed by atoms with Crippen molar-refractivity contribution in [2.24, 2.45) is 5.16 Å². The van der Waals surface area contributed by atoms with Gasteiger partial charge < -0.3 is 9.57 Å². The molecule has 0 N–H and O–H groups in total. The van der Waals surface area contributed by atoms with Crippen molar-refractivity contribution in [2.75, 3.05) is 0 Å². The van der Waals surface area contributed by atoms with Crippen molar-refractivity contribution in [3.8, 4) is 11.8 Å².